The first-order valence-corrected chi connectivity index (χ1v) is 28.1. The lowest BCUT2D eigenvalue weighted by molar-refractivity contribution is 0.0293. The van der Waals surface area contributed by atoms with Crippen LogP contribution in [0.25, 0.3) is 0 Å². The molecule has 0 spiro atoms. The van der Waals surface area contributed by atoms with Gasteiger partial charge < -0.3 is 34.3 Å². The van der Waals surface area contributed by atoms with Crippen LogP contribution in [0.4, 0.5) is 9.59 Å². The third kappa shape index (κ3) is 20.9. The van der Waals surface area contributed by atoms with Gasteiger partial charge in [0, 0.05) is 76.1 Å². The minimum absolute atomic E-state index is 0.0220. The van der Waals surface area contributed by atoms with E-state index in [9.17, 15) is 14.7 Å². The maximum Gasteiger partial charge on any atom is 0.410 e. The summed E-state index contributed by atoms with van der Waals surface area (Å²) in [6.07, 6.45) is 11.0. The number of nitrogens with one attached hydrogen (secondary N) is 1. The molecule has 8 aromatic rings. The molecule has 0 saturated heterocycles. The second-order valence-corrected chi connectivity index (χ2v) is 23.1. The van der Waals surface area contributed by atoms with Gasteiger partial charge in [-0.3, -0.25) is 9.97 Å². The Morgan fingerprint density at radius 1 is 0.532 bits per heavy atom. The van der Waals surface area contributed by atoms with Crippen molar-refractivity contribution in [1.29, 1.82) is 0 Å². The number of likely N-dealkylation sites (N-methyl/N-ethyl adjacent to an activating group) is 1. The van der Waals surface area contributed by atoms with Crippen LogP contribution in [0.1, 0.15) is 112 Å². The minimum atomic E-state index is -0.545. The van der Waals surface area contributed by atoms with Crippen LogP contribution in [0.3, 0.4) is 0 Å². The number of aromatic hydroxyl groups is 1. The van der Waals surface area contributed by atoms with Crippen LogP contribution in [-0.4, -0.2) is 73.5 Å². The summed E-state index contributed by atoms with van der Waals surface area (Å²) in [5, 5.41) is 12.4. The number of ether oxygens (including phenoxy) is 4. The standard InChI is InChI=1S/C23H24BrN3O3.C20H19BrN2O.C20H24BrNO3/c1-23(2,3)30-22(28)27-14-20(16-4-8-18(24)9-5-16)17-6-10-19(11-7-17)29-21-15-25-12-13-26-21;1-2-3-19(15-4-8-17(21)9-5-15)16-6-10-18(11-7-16)24-20-14-22-12-13-23-20;1-20(2,3)25-19(24)22(4)13-18(14-5-9-16(21)10-6-14)15-7-11-17(23)12-8-15/h4-13,15,20H,14H2,1-3H3,(H,27,28);4-14,19H,2-3H2,1H3;5-12,18,23H,13H2,1-4H3. The van der Waals surface area contributed by atoms with Crippen molar-refractivity contribution in [2.24, 2.45) is 0 Å². The second-order valence-electron chi connectivity index (χ2n) is 20.4. The van der Waals surface area contributed by atoms with Crippen molar-refractivity contribution >= 4 is 60.0 Å². The van der Waals surface area contributed by atoms with E-state index < -0.39 is 17.3 Å². The molecule has 412 valence electrons. The van der Waals surface area contributed by atoms with Gasteiger partial charge in [-0.25, -0.2) is 19.6 Å². The first kappa shape index (κ1) is 61.1. The van der Waals surface area contributed by atoms with Crippen molar-refractivity contribution < 1.29 is 33.6 Å². The lowest BCUT2D eigenvalue weighted by Crippen LogP contribution is -2.36. The highest BCUT2D eigenvalue weighted by molar-refractivity contribution is 9.11. The molecular formula is C63H67Br3N6O7. The van der Waals surface area contributed by atoms with E-state index in [2.05, 4.69) is 116 Å². The Labute approximate surface area is 489 Å². The van der Waals surface area contributed by atoms with E-state index in [1.807, 2.05) is 139 Å². The number of alkyl carbamates (subject to hydrolysis) is 1. The molecule has 8 rings (SSSR count). The summed E-state index contributed by atoms with van der Waals surface area (Å²) in [5.41, 5.74) is 5.79. The summed E-state index contributed by atoms with van der Waals surface area (Å²) < 4.78 is 25.4. The molecule has 3 unspecified atom stereocenters. The fraction of sp³-hybridized carbons (Fsp3) is 0.270. The first-order valence-electron chi connectivity index (χ1n) is 25.8. The second kappa shape index (κ2) is 29.7. The highest BCUT2D eigenvalue weighted by Gasteiger charge is 2.25. The van der Waals surface area contributed by atoms with Crippen LogP contribution in [0.2, 0.25) is 0 Å². The van der Waals surface area contributed by atoms with E-state index in [-0.39, 0.29) is 23.7 Å². The van der Waals surface area contributed by atoms with Crippen molar-refractivity contribution in [1.82, 2.24) is 30.2 Å². The zero-order chi connectivity index (χ0) is 57.0. The van der Waals surface area contributed by atoms with Crippen molar-refractivity contribution in [2.45, 2.75) is 90.3 Å². The van der Waals surface area contributed by atoms with Crippen molar-refractivity contribution in [3.8, 4) is 29.0 Å². The molecule has 2 aromatic heterocycles. The molecule has 2 N–H and O–H groups in total. The number of nitrogens with zero attached hydrogens (tertiary/aromatic N) is 5. The van der Waals surface area contributed by atoms with Gasteiger partial charge in [0.25, 0.3) is 0 Å². The van der Waals surface area contributed by atoms with Crippen LogP contribution in [-0.2, 0) is 9.47 Å². The van der Waals surface area contributed by atoms with Gasteiger partial charge in [0.05, 0.1) is 12.4 Å². The molecule has 2 heterocycles. The minimum Gasteiger partial charge on any atom is -0.508 e. The SMILES string of the molecule is CC(C)(C)OC(=O)NCC(c1ccc(Br)cc1)c1ccc(Oc2cnccn2)cc1.CCCC(c1ccc(Br)cc1)c1ccc(Oc2cnccn2)cc1.CN(CC(c1ccc(O)cc1)c1ccc(Br)cc1)C(=O)OC(C)(C)C. The molecule has 2 amide bonds. The van der Waals surface area contributed by atoms with E-state index >= 15 is 0 Å². The normalized spacial score (nSPS) is 12.2. The van der Waals surface area contributed by atoms with Crippen LogP contribution in [0.5, 0.6) is 29.0 Å². The zero-order valence-electron chi connectivity index (χ0n) is 45.6. The predicted molar refractivity (Wildman–Crippen MR) is 321 cm³/mol. The largest absolute Gasteiger partial charge is 0.508 e. The Morgan fingerprint density at radius 3 is 1.27 bits per heavy atom. The summed E-state index contributed by atoms with van der Waals surface area (Å²) >= 11 is 10.4. The Morgan fingerprint density at radius 2 is 0.899 bits per heavy atom. The Balaban J connectivity index is 0.000000193. The molecule has 0 bridgehead atoms. The number of carbonyl (C=O) groups excluding carboxylic acids is 2. The molecule has 6 aromatic carbocycles. The fourth-order valence-electron chi connectivity index (χ4n) is 8.08. The molecule has 13 nitrogen and oxygen atoms in total. The van der Waals surface area contributed by atoms with E-state index in [0.717, 1.165) is 54.3 Å². The predicted octanol–water partition coefficient (Wildman–Crippen LogP) is 16.8. The smallest absolute Gasteiger partial charge is 0.410 e. The number of phenolic OH excluding ortho intramolecular Hbond substituents is 1. The molecule has 0 radical (unpaired) electrons. The molecule has 79 heavy (non-hydrogen) atoms. The van der Waals surface area contributed by atoms with E-state index in [1.54, 1.807) is 61.3 Å². The van der Waals surface area contributed by atoms with E-state index in [4.69, 9.17) is 18.9 Å². The molecule has 0 saturated carbocycles. The maximum absolute atomic E-state index is 12.3. The molecule has 0 fully saturated rings. The number of hydrogen-bond donors (Lipinski definition) is 2. The Hall–Kier alpha value is -7.14. The number of hydrogen-bond acceptors (Lipinski definition) is 11. The van der Waals surface area contributed by atoms with Crippen LogP contribution < -0.4 is 14.8 Å². The lowest BCUT2D eigenvalue weighted by atomic mass is 9.88. The van der Waals surface area contributed by atoms with Gasteiger partial charge in [0.1, 0.15) is 28.5 Å². The van der Waals surface area contributed by atoms with Gasteiger partial charge in [0.2, 0.25) is 11.8 Å². The third-order valence-corrected chi connectivity index (χ3v) is 13.4. The Kier molecular flexibility index (Phi) is 23.0. The number of aromatic nitrogens is 4. The number of carbonyl (C=O) groups is 2. The first-order chi connectivity index (χ1) is 37.7. The fourth-order valence-corrected chi connectivity index (χ4v) is 8.87. The van der Waals surface area contributed by atoms with Gasteiger partial charge in [-0.05, 0) is 154 Å². The van der Waals surface area contributed by atoms with Gasteiger partial charge >= 0.3 is 12.2 Å². The molecule has 0 aliphatic heterocycles. The third-order valence-electron chi connectivity index (χ3n) is 11.8. The Bertz CT molecular complexity index is 3050. The molecule has 3 atom stereocenters. The molecule has 0 aliphatic carbocycles. The van der Waals surface area contributed by atoms with Gasteiger partial charge in [0.15, 0.2) is 0 Å². The highest BCUT2D eigenvalue weighted by Crippen LogP contribution is 2.33. The quantitative estimate of drug-likeness (QED) is 0.0948. The number of rotatable bonds is 16. The summed E-state index contributed by atoms with van der Waals surface area (Å²) in [7, 11) is 1.74. The lowest BCUT2D eigenvalue weighted by Gasteiger charge is -2.28. The summed E-state index contributed by atoms with van der Waals surface area (Å²) in [6.45, 7) is 14.2. The van der Waals surface area contributed by atoms with Gasteiger partial charge in [-0.1, -0.05) is 134 Å². The topological polar surface area (TPSA) is 158 Å². The van der Waals surface area contributed by atoms with Crippen LogP contribution >= 0.6 is 47.8 Å². The average Bonchev–Trinajstić information content (AvgIpc) is 3.42. The number of phenols is 1. The summed E-state index contributed by atoms with van der Waals surface area (Å²) in [4.78, 5) is 42.3. The van der Waals surface area contributed by atoms with Gasteiger partial charge in [-0.2, -0.15) is 0 Å². The number of amides is 2. The summed E-state index contributed by atoms with van der Waals surface area (Å²) in [6, 6.07) is 47.7. The average molecular weight is 1260 g/mol. The van der Waals surface area contributed by atoms with Crippen LogP contribution in [0, 0.1) is 0 Å². The van der Waals surface area contributed by atoms with Crippen molar-refractivity contribution in [3.63, 3.8) is 0 Å². The number of benzene rings is 6. The van der Waals surface area contributed by atoms with Crippen molar-refractivity contribution in [2.75, 3.05) is 20.1 Å². The highest BCUT2D eigenvalue weighted by atomic mass is 79.9. The molecule has 0 aliphatic rings. The van der Waals surface area contributed by atoms with Gasteiger partial charge in [-0.15, -0.1) is 0 Å². The van der Waals surface area contributed by atoms with Crippen LogP contribution in [0.15, 0.2) is 196 Å². The van der Waals surface area contributed by atoms with E-state index in [1.165, 1.54) is 11.1 Å². The maximum atomic E-state index is 12.3. The van der Waals surface area contributed by atoms with E-state index in [0.29, 0.717) is 36.5 Å². The molecule has 16 heteroatoms. The zero-order valence-corrected chi connectivity index (χ0v) is 50.4. The monoisotopic (exact) mass is 1260 g/mol. The summed E-state index contributed by atoms with van der Waals surface area (Å²) in [5.74, 6) is 2.92. The number of halogens is 3. The van der Waals surface area contributed by atoms with Crippen molar-refractivity contribution in [3.05, 3.63) is 230 Å². The molecular weight excluding hydrogens is 1190 g/mol.